The quantitative estimate of drug-likeness (QED) is 0.830. The van der Waals surface area contributed by atoms with E-state index < -0.39 is 5.41 Å². The van der Waals surface area contributed by atoms with E-state index in [-0.39, 0.29) is 12.0 Å². The summed E-state index contributed by atoms with van der Waals surface area (Å²) in [7, 11) is 2.07. The van der Waals surface area contributed by atoms with Gasteiger partial charge in [0.1, 0.15) is 0 Å². The summed E-state index contributed by atoms with van der Waals surface area (Å²) in [5, 5.41) is 2.99. The van der Waals surface area contributed by atoms with E-state index >= 15 is 0 Å². The summed E-state index contributed by atoms with van der Waals surface area (Å²) in [5.74, 6) is 0.00221. The van der Waals surface area contributed by atoms with Crippen LogP contribution in [0.15, 0.2) is 30.3 Å². The van der Waals surface area contributed by atoms with Gasteiger partial charge in [0.15, 0.2) is 0 Å². The van der Waals surface area contributed by atoms with Crippen molar-refractivity contribution in [1.29, 1.82) is 0 Å². The highest BCUT2D eigenvalue weighted by Crippen LogP contribution is 2.17. The van der Waals surface area contributed by atoms with E-state index in [0.29, 0.717) is 19.8 Å². The molecule has 0 unspecified atom stereocenters. The molecule has 5 nitrogen and oxygen atoms in total. The minimum atomic E-state index is -0.560. The molecule has 1 N–H and O–H groups in total. The van der Waals surface area contributed by atoms with Crippen LogP contribution in [-0.4, -0.2) is 56.8 Å². The number of carbonyl (C=O) groups excluding carboxylic acids is 1. The molecule has 1 aliphatic heterocycles. The Morgan fingerprint density at radius 2 is 2.13 bits per heavy atom. The first-order valence-electron chi connectivity index (χ1n) is 8.17. The lowest BCUT2D eigenvalue weighted by atomic mass is 9.93. The summed E-state index contributed by atoms with van der Waals surface area (Å²) in [5.41, 5.74) is 0.553. The van der Waals surface area contributed by atoms with E-state index in [0.717, 1.165) is 25.3 Å². The van der Waals surface area contributed by atoms with Crippen molar-refractivity contribution in [2.75, 3.05) is 39.9 Å². The van der Waals surface area contributed by atoms with Crippen LogP contribution < -0.4 is 5.32 Å². The number of nitrogens with one attached hydrogen (secondary N) is 1. The van der Waals surface area contributed by atoms with Crippen LogP contribution in [0.3, 0.4) is 0 Å². The molecule has 0 saturated carbocycles. The molecule has 1 aromatic rings. The molecule has 1 heterocycles. The van der Waals surface area contributed by atoms with Crippen LogP contribution in [0.25, 0.3) is 0 Å². The van der Waals surface area contributed by atoms with Crippen LogP contribution in [0.5, 0.6) is 0 Å². The maximum atomic E-state index is 12.4. The van der Waals surface area contributed by atoms with Gasteiger partial charge < -0.3 is 19.7 Å². The summed E-state index contributed by atoms with van der Waals surface area (Å²) < 4.78 is 11.4. The molecule has 0 spiro atoms. The van der Waals surface area contributed by atoms with Crippen LogP contribution in [-0.2, 0) is 20.9 Å². The first-order chi connectivity index (χ1) is 11.0. The highest BCUT2D eigenvalue weighted by molar-refractivity contribution is 5.81. The lowest BCUT2D eigenvalue weighted by Gasteiger charge is -2.31. The van der Waals surface area contributed by atoms with E-state index in [2.05, 4.69) is 17.3 Å². The number of rotatable bonds is 7. The first kappa shape index (κ1) is 17.9. The predicted octanol–water partition coefficient (Wildman–Crippen LogP) is 1.68. The van der Waals surface area contributed by atoms with Crippen molar-refractivity contribution in [2.24, 2.45) is 5.41 Å². The zero-order chi connectivity index (χ0) is 16.7. The van der Waals surface area contributed by atoms with Crippen molar-refractivity contribution in [3.63, 3.8) is 0 Å². The maximum Gasteiger partial charge on any atom is 0.228 e. The molecule has 23 heavy (non-hydrogen) atoms. The Balaban J connectivity index is 1.71. The minimum Gasteiger partial charge on any atom is -0.376 e. The summed E-state index contributed by atoms with van der Waals surface area (Å²) in [4.78, 5) is 14.6. The number of likely N-dealkylation sites (N-methyl/N-ethyl adjacent to an activating group) is 1. The van der Waals surface area contributed by atoms with Crippen LogP contribution in [0.4, 0.5) is 0 Å². The molecule has 1 atom stereocenters. The van der Waals surface area contributed by atoms with Crippen molar-refractivity contribution in [2.45, 2.75) is 26.6 Å². The van der Waals surface area contributed by atoms with Gasteiger partial charge in [0.25, 0.3) is 0 Å². The van der Waals surface area contributed by atoms with E-state index in [9.17, 15) is 4.79 Å². The molecule has 1 saturated heterocycles. The second-order valence-electron chi connectivity index (χ2n) is 6.83. The zero-order valence-corrected chi connectivity index (χ0v) is 14.4. The number of morpholine rings is 1. The van der Waals surface area contributed by atoms with Crippen LogP contribution in [0, 0.1) is 5.41 Å². The molecule has 0 aromatic heterocycles. The Labute approximate surface area is 139 Å². The Morgan fingerprint density at radius 3 is 2.83 bits per heavy atom. The third-order valence-electron chi connectivity index (χ3n) is 4.02. The van der Waals surface area contributed by atoms with Gasteiger partial charge in [0.05, 0.1) is 31.3 Å². The third kappa shape index (κ3) is 5.94. The first-order valence-corrected chi connectivity index (χ1v) is 8.17. The van der Waals surface area contributed by atoms with Gasteiger partial charge >= 0.3 is 0 Å². The number of amides is 1. The zero-order valence-electron chi connectivity index (χ0n) is 14.4. The molecule has 0 radical (unpaired) electrons. The molecule has 5 heteroatoms. The van der Waals surface area contributed by atoms with Gasteiger partial charge in [0, 0.05) is 19.6 Å². The Hall–Kier alpha value is -1.43. The van der Waals surface area contributed by atoms with Gasteiger partial charge in [-0.25, -0.2) is 0 Å². The summed E-state index contributed by atoms with van der Waals surface area (Å²) in [6, 6.07) is 9.98. The van der Waals surface area contributed by atoms with Gasteiger partial charge in [-0.1, -0.05) is 30.3 Å². The molecule has 1 amide bonds. The summed E-state index contributed by atoms with van der Waals surface area (Å²) in [6.45, 7) is 7.79. The molecule has 0 aliphatic carbocycles. The third-order valence-corrected chi connectivity index (χ3v) is 4.02. The number of carbonyl (C=O) groups is 1. The molecular weight excluding hydrogens is 292 g/mol. The van der Waals surface area contributed by atoms with Gasteiger partial charge in [0.2, 0.25) is 5.91 Å². The average Bonchev–Trinajstić information content (AvgIpc) is 2.53. The Kier molecular flexibility index (Phi) is 6.57. The maximum absolute atomic E-state index is 12.4. The van der Waals surface area contributed by atoms with Crippen LogP contribution >= 0.6 is 0 Å². The molecule has 128 valence electrons. The van der Waals surface area contributed by atoms with E-state index in [1.807, 2.05) is 44.2 Å². The lowest BCUT2D eigenvalue weighted by Crippen LogP contribution is -2.48. The second-order valence-corrected chi connectivity index (χ2v) is 6.83. The number of nitrogens with zero attached hydrogens (tertiary/aromatic N) is 1. The van der Waals surface area contributed by atoms with E-state index in [1.54, 1.807) is 0 Å². The average molecular weight is 320 g/mol. The van der Waals surface area contributed by atoms with Gasteiger partial charge in [-0.15, -0.1) is 0 Å². The number of benzene rings is 1. The largest absolute Gasteiger partial charge is 0.376 e. The number of hydrogen-bond acceptors (Lipinski definition) is 4. The van der Waals surface area contributed by atoms with Gasteiger partial charge in [-0.05, 0) is 26.5 Å². The predicted molar refractivity (Wildman–Crippen MR) is 90.1 cm³/mol. The number of hydrogen-bond donors (Lipinski definition) is 1. The lowest BCUT2D eigenvalue weighted by molar-refractivity contribution is -0.134. The monoisotopic (exact) mass is 320 g/mol. The molecule has 0 bridgehead atoms. The number of ether oxygens (including phenoxy) is 2. The fraction of sp³-hybridized carbons (Fsp3) is 0.611. The summed E-state index contributed by atoms with van der Waals surface area (Å²) >= 11 is 0. The van der Waals surface area contributed by atoms with Gasteiger partial charge in [-0.3, -0.25) is 4.79 Å². The van der Waals surface area contributed by atoms with E-state index in [4.69, 9.17) is 9.47 Å². The van der Waals surface area contributed by atoms with Crippen molar-refractivity contribution in [3.8, 4) is 0 Å². The normalized spacial score (nSPS) is 19.5. The topological polar surface area (TPSA) is 50.8 Å². The fourth-order valence-electron chi connectivity index (χ4n) is 2.50. The fourth-order valence-corrected chi connectivity index (χ4v) is 2.50. The standard InChI is InChI=1S/C18H28N2O3/c1-18(2,14-22-13-15-7-5-4-6-8-15)17(21)19-11-16-12-20(3)9-10-23-16/h4-8,16H,9-14H2,1-3H3,(H,19,21)/t16-/m1/s1. The smallest absolute Gasteiger partial charge is 0.228 e. The SMILES string of the molecule is CN1CCO[C@H](CNC(=O)C(C)(C)COCc2ccccc2)C1. The second kappa shape index (κ2) is 8.43. The van der Waals surface area contributed by atoms with Gasteiger partial charge in [-0.2, -0.15) is 0 Å². The molecule has 2 rings (SSSR count). The summed E-state index contributed by atoms with van der Waals surface area (Å²) in [6.07, 6.45) is 0.0683. The van der Waals surface area contributed by atoms with E-state index in [1.165, 1.54) is 0 Å². The van der Waals surface area contributed by atoms with Crippen molar-refractivity contribution in [3.05, 3.63) is 35.9 Å². The molecule has 1 aromatic carbocycles. The Bertz CT molecular complexity index is 490. The molecular formula is C18H28N2O3. The van der Waals surface area contributed by atoms with Crippen LogP contribution in [0.2, 0.25) is 0 Å². The van der Waals surface area contributed by atoms with Crippen molar-refractivity contribution < 1.29 is 14.3 Å². The van der Waals surface area contributed by atoms with Crippen molar-refractivity contribution in [1.82, 2.24) is 10.2 Å². The minimum absolute atomic E-state index is 0.00221. The molecule has 1 fully saturated rings. The highest BCUT2D eigenvalue weighted by atomic mass is 16.5. The molecule has 1 aliphatic rings. The highest BCUT2D eigenvalue weighted by Gasteiger charge is 2.29. The van der Waals surface area contributed by atoms with Crippen molar-refractivity contribution >= 4 is 5.91 Å². The van der Waals surface area contributed by atoms with Crippen LogP contribution in [0.1, 0.15) is 19.4 Å². The Morgan fingerprint density at radius 1 is 1.39 bits per heavy atom.